The Labute approximate surface area is 171 Å². The molecule has 2 aromatic heterocycles. The highest BCUT2D eigenvalue weighted by atomic mass is 127. The molecule has 0 aliphatic rings. The van der Waals surface area contributed by atoms with Crippen LogP contribution >= 0.6 is 62.6 Å². The number of aromatic nitrogens is 1. The highest BCUT2D eigenvalue weighted by Gasteiger charge is 2.04. The Hall–Kier alpha value is -0.190. The van der Waals surface area contributed by atoms with E-state index in [4.69, 9.17) is 0 Å². The van der Waals surface area contributed by atoms with Gasteiger partial charge in [-0.3, -0.25) is 0 Å². The van der Waals surface area contributed by atoms with E-state index in [1.807, 2.05) is 0 Å². The summed E-state index contributed by atoms with van der Waals surface area (Å²) in [5.74, 6) is 0.858. The van der Waals surface area contributed by atoms with E-state index in [0.29, 0.717) is 6.54 Å². The fraction of sp³-hybridized carbons (Fsp3) is 0.467. The average Bonchev–Trinajstić information content (AvgIpc) is 3.03. The van der Waals surface area contributed by atoms with Crippen molar-refractivity contribution in [1.82, 2.24) is 15.6 Å². The fourth-order valence-electron chi connectivity index (χ4n) is 1.87. The first-order valence-corrected chi connectivity index (χ1v) is 9.70. The molecule has 0 saturated carbocycles. The van der Waals surface area contributed by atoms with Gasteiger partial charge in [-0.05, 0) is 48.8 Å². The van der Waals surface area contributed by atoms with Crippen molar-refractivity contribution >= 4 is 68.5 Å². The molecule has 0 radical (unpaired) electrons. The molecule has 2 heterocycles. The summed E-state index contributed by atoms with van der Waals surface area (Å²) in [5.41, 5.74) is 1.14. The molecule has 0 fully saturated rings. The zero-order chi connectivity index (χ0) is 15.9. The molecule has 0 bridgehead atoms. The quantitative estimate of drug-likeness (QED) is 0.329. The summed E-state index contributed by atoms with van der Waals surface area (Å²) in [6.07, 6.45) is 0.925. The third kappa shape index (κ3) is 7.06. The Bertz CT molecular complexity index is 620. The molecule has 128 valence electrons. The predicted molar refractivity (Wildman–Crippen MR) is 116 cm³/mol. The van der Waals surface area contributed by atoms with Gasteiger partial charge in [0.2, 0.25) is 0 Å². The van der Waals surface area contributed by atoms with E-state index in [-0.39, 0.29) is 24.0 Å². The van der Waals surface area contributed by atoms with E-state index >= 15 is 0 Å². The van der Waals surface area contributed by atoms with Crippen LogP contribution in [0.3, 0.4) is 0 Å². The van der Waals surface area contributed by atoms with Gasteiger partial charge in [-0.1, -0.05) is 0 Å². The number of thiazole rings is 1. The van der Waals surface area contributed by atoms with E-state index in [9.17, 15) is 0 Å². The number of aryl methyl sites for hydroxylation is 2. The van der Waals surface area contributed by atoms with Crippen molar-refractivity contribution in [3.8, 4) is 0 Å². The molecule has 2 aromatic rings. The van der Waals surface area contributed by atoms with Crippen LogP contribution in [0.4, 0.5) is 0 Å². The molecule has 2 rings (SSSR count). The van der Waals surface area contributed by atoms with Crippen molar-refractivity contribution < 1.29 is 0 Å². The molecular formula is C15H22BrIN4S2. The van der Waals surface area contributed by atoms with E-state index in [1.165, 1.54) is 14.8 Å². The molecule has 0 aliphatic carbocycles. The molecule has 0 atom stereocenters. The van der Waals surface area contributed by atoms with Gasteiger partial charge in [-0.2, -0.15) is 0 Å². The number of hydrogen-bond acceptors (Lipinski definition) is 4. The highest BCUT2D eigenvalue weighted by Crippen LogP contribution is 2.22. The van der Waals surface area contributed by atoms with Gasteiger partial charge in [0.1, 0.15) is 0 Å². The van der Waals surface area contributed by atoms with Crippen molar-refractivity contribution in [3.63, 3.8) is 0 Å². The van der Waals surface area contributed by atoms with Crippen LogP contribution in [0.1, 0.15) is 27.4 Å². The Kier molecular flexibility index (Phi) is 9.64. The first-order chi connectivity index (χ1) is 10.6. The lowest BCUT2D eigenvalue weighted by Gasteiger charge is -2.10. The molecule has 0 aromatic carbocycles. The van der Waals surface area contributed by atoms with E-state index in [1.54, 1.807) is 22.7 Å². The average molecular weight is 529 g/mol. The minimum Gasteiger partial charge on any atom is -0.357 e. The lowest BCUT2D eigenvalue weighted by atomic mass is 10.4. The lowest BCUT2D eigenvalue weighted by molar-refractivity contribution is 0.796. The number of nitrogens with zero attached hydrogens (tertiary/aromatic N) is 2. The topological polar surface area (TPSA) is 49.3 Å². The first kappa shape index (κ1) is 20.9. The molecule has 23 heavy (non-hydrogen) atoms. The SMILES string of the molecule is CCNC(=NCc1ccc(Br)s1)NCCc1nc(C)c(C)s1.I. The van der Waals surface area contributed by atoms with Crippen molar-refractivity contribution in [2.75, 3.05) is 13.1 Å². The largest absolute Gasteiger partial charge is 0.357 e. The summed E-state index contributed by atoms with van der Waals surface area (Å²) in [6, 6.07) is 4.16. The minimum absolute atomic E-state index is 0. The Morgan fingerprint density at radius 3 is 2.61 bits per heavy atom. The second kappa shape index (κ2) is 10.6. The first-order valence-electron chi connectivity index (χ1n) is 7.27. The van der Waals surface area contributed by atoms with E-state index in [0.717, 1.165) is 35.0 Å². The van der Waals surface area contributed by atoms with Gasteiger partial charge >= 0.3 is 0 Å². The van der Waals surface area contributed by atoms with Crippen molar-refractivity contribution in [2.45, 2.75) is 33.7 Å². The molecule has 0 aliphatic heterocycles. The zero-order valence-electron chi connectivity index (χ0n) is 13.5. The number of thiophene rings is 1. The zero-order valence-corrected chi connectivity index (χ0v) is 19.0. The Balaban J connectivity index is 0.00000264. The maximum atomic E-state index is 4.62. The van der Waals surface area contributed by atoms with Gasteiger partial charge in [-0.25, -0.2) is 9.98 Å². The molecule has 0 amide bonds. The van der Waals surface area contributed by atoms with Gasteiger partial charge in [0.25, 0.3) is 0 Å². The number of halogens is 2. The third-order valence-corrected chi connectivity index (χ3v) is 5.81. The summed E-state index contributed by atoms with van der Waals surface area (Å²) in [5, 5.41) is 7.83. The summed E-state index contributed by atoms with van der Waals surface area (Å²) < 4.78 is 1.14. The maximum Gasteiger partial charge on any atom is 0.191 e. The van der Waals surface area contributed by atoms with Crippen LogP contribution in [0.25, 0.3) is 0 Å². The van der Waals surface area contributed by atoms with Crippen LogP contribution in [-0.4, -0.2) is 24.0 Å². The van der Waals surface area contributed by atoms with Crippen LogP contribution in [0.2, 0.25) is 0 Å². The van der Waals surface area contributed by atoms with Crippen LogP contribution in [0.5, 0.6) is 0 Å². The number of rotatable bonds is 6. The second-order valence-corrected chi connectivity index (χ2v) is 8.66. The van der Waals surface area contributed by atoms with Gasteiger partial charge in [0.05, 0.1) is 21.0 Å². The Morgan fingerprint density at radius 1 is 1.26 bits per heavy atom. The molecule has 0 saturated heterocycles. The van der Waals surface area contributed by atoms with Gasteiger partial charge in [-0.15, -0.1) is 46.7 Å². The number of aliphatic imine (C=N–C) groups is 1. The molecule has 2 N–H and O–H groups in total. The highest BCUT2D eigenvalue weighted by molar-refractivity contribution is 14.0. The molecule has 0 unspecified atom stereocenters. The van der Waals surface area contributed by atoms with Crippen LogP contribution < -0.4 is 10.6 Å². The van der Waals surface area contributed by atoms with Gasteiger partial charge < -0.3 is 10.6 Å². The van der Waals surface area contributed by atoms with Crippen LogP contribution in [-0.2, 0) is 13.0 Å². The van der Waals surface area contributed by atoms with Gasteiger partial charge in [0.15, 0.2) is 5.96 Å². The number of hydrogen-bond donors (Lipinski definition) is 2. The predicted octanol–water partition coefficient (Wildman–Crippen LogP) is 4.50. The van der Waals surface area contributed by atoms with Crippen LogP contribution in [0.15, 0.2) is 20.9 Å². The number of guanidine groups is 1. The van der Waals surface area contributed by atoms with E-state index in [2.05, 4.69) is 69.4 Å². The maximum absolute atomic E-state index is 4.62. The van der Waals surface area contributed by atoms with E-state index < -0.39 is 0 Å². The normalized spacial score (nSPS) is 11.2. The standard InChI is InChI=1S/C15H21BrN4S2.HI/c1-4-17-15(19-9-12-5-6-13(16)22-12)18-8-7-14-20-10(2)11(3)21-14;/h5-6H,4,7-9H2,1-3H3,(H2,17,18,19);1H. The van der Waals surface area contributed by atoms with Crippen molar-refractivity contribution in [2.24, 2.45) is 4.99 Å². The molecule has 4 nitrogen and oxygen atoms in total. The van der Waals surface area contributed by atoms with Crippen molar-refractivity contribution in [3.05, 3.63) is 36.4 Å². The Morgan fingerprint density at radius 2 is 2.04 bits per heavy atom. The summed E-state index contributed by atoms with van der Waals surface area (Å²) >= 11 is 6.97. The van der Waals surface area contributed by atoms with Crippen molar-refractivity contribution in [1.29, 1.82) is 0 Å². The summed E-state index contributed by atoms with van der Waals surface area (Å²) in [4.78, 5) is 11.7. The summed E-state index contributed by atoms with van der Waals surface area (Å²) in [6.45, 7) is 8.65. The molecule has 8 heteroatoms. The molecular weight excluding hydrogens is 507 g/mol. The fourth-order valence-corrected chi connectivity index (χ4v) is 4.21. The smallest absolute Gasteiger partial charge is 0.191 e. The molecule has 0 spiro atoms. The lowest BCUT2D eigenvalue weighted by Crippen LogP contribution is -2.38. The minimum atomic E-state index is 0. The summed E-state index contributed by atoms with van der Waals surface area (Å²) in [7, 11) is 0. The van der Waals surface area contributed by atoms with Crippen LogP contribution in [0, 0.1) is 13.8 Å². The third-order valence-electron chi connectivity index (χ3n) is 3.07. The second-order valence-electron chi connectivity index (χ2n) is 4.83. The monoisotopic (exact) mass is 528 g/mol. The number of nitrogens with one attached hydrogen (secondary N) is 2. The van der Waals surface area contributed by atoms with Gasteiger partial charge in [0, 0.05) is 29.3 Å².